The summed E-state index contributed by atoms with van der Waals surface area (Å²) >= 11 is 0. The average Bonchev–Trinajstić information content (AvgIpc) is 2.90. The highest BCUT2D eigenvalue weighted by Crippen LogP contribution is 2.21. The molecule has 0 bridgehead atoms. The highest BCUT2D eigenvalue weighted by atomic mass is 32.2. The van der Waals surface area contributed by atoms with E-state index in [1.165, 1.54) is 4.90 Å². The normalized spacial score (nSPS) is 12.8. The van der Waals surface area contributed by atoms with Crippen molar-refractivity contribution in [2.45, 2.75) is 52.2 Å². The fraction of sp³-hybridized carbons (Fsp3) is 0.333. The van der Waals surface area contributed by atoms with Crippen molar-refractivity contribution in [1.82, 2.24) is 10.2 Å². The number of aryl methyl sites for hydroxylation is 1. The first kappa shape index (κ1) is 28.9. The molecule has 0 aromatic heterocycles. The number of benzene rings is 3. The number of carbonyl (C=O) groups is 2. The van der Waals surface area contributed by atoms with Crippen LogP contribution in [0, 0.1) is 6.92 Å². The van der Waals surface area contributed by atoms with Crippen molar-refractivity contribution < 1.29 is 18.0 Å². The molecular formula is C30H37N3O4S. The van der Waals surface area contributed by atoms with E-state index in [4.69, 9.17) is 0 Å². The van der Waals surface area contributed by atoms with Crippen LogP contribution in [0.25, 0.3) is 0 Å². The molecule has 1 N–H and O–H groups in total. The van der Waals surface area contributed by atoms with Crippen molar-refractivity contribution >= 4 is 27.5 Å². The Hall–Kier alpha value is -3.65. The largest absolute Gasteiger partial charge is 0.352 e. The molecule has 0 saturated carbocycles. The van der Waals surface area contributed by atoms with Gasteiger partial charge in [-0.2, -0.15) is 0 Å². The predicted molar refractivity (Wildman–Crippen MR) is 152 cm³/mol. The molecule has 0 aliphatic carbocycles. The summed E-state index contributed by atoms with van der Waals surface area (Å²) in [5.74, 6) is -0.728. The summed E-state index contributed by atoms with van der Waals surface area (Å²) in [6.45, 7) is 5.55. The fourth-order valence-corrected chi connectivity index (χ4v) is 4.95. The molecule has 0 saturated heterocycles. The van der Waals surface area contributed by atoms with Crippen molar-refractivity contribution in [3.05, 3.63) is 102 Å². The number of nitrogens with zero attached hydrogens (tertiary/aromatic N) is 2. The molecule has 7 nitrogen and oxygen atoms in total. The highest BCUT2D eigenvalue weighted by molar-refractivity contribution is 7.92. The highest BCUT2D eigenvalue weighted by Gasteiger charge is 2.33. The zero-order valence-corrected chi connectivity index (χ0v) is 23.3. The van der Waals surface area contributed by atoms with Crippen LogP contribution in [0.3, 0.4) is 0 Å². The van der Waals surface area contributed by atoms with Crippen LogP contribution in [-0.2, 0) is 32.6 Å². The molecule has 0 radical (unpaired) electrons. The monoisotopic (exact) mass is 535 g/mol. The van der Waals surface area contributed by atoms with Crippen molar-refractivity contribution in [3.8, 4) is 0 Å². The van der Waals surface area contributed by atoms with Gasteiger partial charge >= 0.3 is 0 Å². The molecule has 0 aliphatic rings. The topological polar surface area (TPSA) is 86.8 Å². The first-order valence-corrected chi connectivity index (χ1v) is 14.7. The summed E-state index contributed by atoms with van der Waals surface area (Å²) in [6.07, 6.45) is 2.12. The Labute approximate surface area is 226 Å². The second kappa shape index (κ2) is 13.2. The molecular weight excluding hydrogens is 498 g/mol. The van der Waals surface area contributed by atoms with Gasteiger partial charge in [0.25, 0.3) is 0 Å². The molecule has 0 spiro atoms. The van der Waals surface area contributed by atoms with Crippen LogP contribution in [-0.4, -0.2) is 50.0 Å². The van der Waals surface area contributed by atoms with Crippen LogP contribution in [0.1, 0.15) is 37.0 Å². The lowest BCUT2D eigenvalue weighted by Gasteiger charge is -2.34. The van der Waals surface area contributed by atoms with E-state index in [-0.39, 0.29) is 18.5 Å². The number of amides is 2. The third kappa shape index (κ3) is 8.18. The lowest BCUT2D eigenvalue weighted by atomic mass is 10.0. The SMILES string of the molecule is CCC(C)NC(=O)C(Cc1ccccc1)N(Cc1ccccc1)C(=O)CN(c1ccc(C)cc1)S(C)(=O)=O. The van der Waals surface area contributed by atoms with E-state index in [2.05, 4.69) is 5.32 Å². The van der Waals surface area contributed by atoms with Crippen molar-refractivity contribution in [2.24, 2.45) is 0 Å². The quantitative estimate of drug-likeness (QED) is 0.374. The molecule has 0 fully saturated rings. The summed E-state index contributed by atoms with van der Waals surface area (Å²) in [5.41, 5.74) is 3.12. The zero-order valence-electron chi connectivity index (χ0n) is 22.5. The van der Waals surface area contributed by atoms with Crippen molar-refractivity contribution in [2.75, 3.05) is 17.1 Å². The fourth-order valence-electron chi connectivity index (χ4n) is 4.10. The van der Waals surface area contributed by atoms with Crippen LogP contribution in [0.4, 0.5) is 5.69 Å². The number of sulfonamides is 1. The lowest BCUT2D eigenvalue weighted by Crippen LogP contribution is -2.54. The van der Waals surface area contributed by atoms with Gasteiger partial charge in [-0.25, -0.2) is 8.42 Å². The standard InChI is InChI=1S/C30H37N3O4S/c1-5-24(3)31-30(35)28(20-25-12-8-6-9-13-25)32(21-26-14-10-7-11-15-26)29(34)22-33(38(4,36)37)27-18-16-23(2)17-19-27/h6-19,24,28H,5,20-22H2,1-4H3,(H,31,35). The minimum Gasteiger partial charge on any atom is -0.352 e. The zero-order chi connectivity index (χ0) is 27.7. The molecule has 3 rings (SSSR count). The third-order valence-corrected chi connectivity index (χ3v) is 7.61. The second-order valence-corrected chi connectivity index (χ2v) is 11.5. The smallest absolute Gasteiger partial charge is 0.244 e. The molecule has 8 heteroatoms. The van der Waals surface area contributed by atoms with Gasteiger partial charge < -0.3 is 10.2 Å². The Kier molecular flexibility index (Phi) is 10.1. The van der Waals surface area contributed by atoms with E-state index < -0.39 is 28.5 Å². The Bertz CT molecular complexity index is 1300. The maximum Gasteiger partial charge on any atom is 0.244 e. The van der Waals surface area contributed by atoms with Crippen molar-refractivity contribution in [3.63, 3.8) is 0 Å². The molecule has 2 amide bonds. The van der Waals surface area contributed by atoms with Gasteiger partial charge in [0, 0.05) is 19.0 Å². The number of rotatable bonds is 12. The summed E-state index contributed by atoms with van der Waals surface area (Å²) in [4.78, 5) is 29.1. The van der Waals surface area contributed by atoms with Crippen LogP contribution in [0.5, 0.6) is 0 Å². The van der Waals surface area contributed by atoms with Crippen LogP contribution >= 0.6 is 0 Å². The van der Waals surface area contributed by atoms with E-state index in [0.29, 0.717) is 12.1 Å². The van der Waals surface area contributed by atoms with Gasteiger partial charge in [-0.15, -0.1) is 0 Å². The van der Waals surface area contributed by atoms with E-state index in [1.807, 2.05) is 81.4 Å². The first-order chi connectivity index (χ1) is 18.1. The number of hydrogen-bond donors (Lipinski definition) is 1. The van der Waals surface area contributed by atoms with Gasteiger partial charge in [0.05, 0.1) is 11.9 Å². The molecule has 2 atom stereocenters. The summed E-state index contributed by atoms with van der Waals surface area (Å²) in [5, 5.41) is 3.03. The van der Waals surface area contributed by atoms with Gasteiger partial charge in [0.2, 0.25) is 21.8 Å². The molecule has 202 valence electrons. The van der Waals surface area contributed by atoms with E-state index >= 15 is 0 Å². The molecule has 3 aromatic carbocycles. The number of nitrogens with one attached hydrogen (secondary N) is 1. The Morgan fingerprint density at radius 2 is 1.42 bits per heavy atom. The maximum atomic E-state index is 14.0. The van der Waals surface area contributed by atoms with E-state index in [1.54, 1.807) is 24.3 Å². The predicted octanol–water partition coefficient (Wildman–Crippen LogP) is 4.32. The Balaban J connectivity index is 2.03. The van der Waals surface area contributed by atoms with Gasteiger partial charge in [0.15, 0.2) is 0 Å². The molecule has 0 heterocycles. The van der Waals surface area contributed by atoms with Crippen LogP contribution in [0.2, 0.25) is 0 Å². The lowest BCUT2D eigenvalue weighted by molar-refractivity contribution is -0.140. The van der Waals surface area contributed by atoms with Crippen LogP contribution < -0.4 is 9.62 Å². The average molecular weight is 536 g/mol. The summed E-state index contributed by atoms with van der Waals surface area (Å²) in [6, 6.07) is 25.0. The molecule has 2 unspecified atom stereocenters. The first-order valence-electron chi connectivity index (χ1n) is 12.8. The molecule has 0 aliphatic heterocycles. The third-order valence-electron chi connectivity index (χ3n) is 6.47. The maximum absolute atomic E-state index is 14.0. The van der Waals surface area contributed by atoms with Crippen LogP contribution in [0.15, 0.2) is 84.9 Å². The summed E-state index contributed by atoms with van der Waals surface area (Å²) in [7, 11) is -3.77. The van der Waals surface area contributed by atoms with Gasteiger partial charge in [0.1, 0.15) is 12.6 Å². The van der Waals surface area contributed by atoms with Crippen molar-refractivity contribution in [1.29, 1.82) is 0 Å². The Morgan fingerprint density at radius 3 is 1.95 bits per heavy atom. The van der Waals surface area contributed by atoms with E-state index in [0.717, 1.165) is 33.7 Å². The van der Waals surface area contributed by atoms with Gasteiger partial charge in [-0.3, -0.25) is 13.9 Å². The van der Waals surface area contributed by atoms with E-state index in [9.17, 15) is 18.0 Å². The Morgan fingerprint density at radius 1 is 0.868 bits per heavy atom. The summed E-state index contributed by atoms with van der Waals surface area (Å²) < 4.78 is 26.7. The van der Waals surface area contributed by atoms with Gasteiger partial charge in [-0.05, 0) is 43.5 Å². The van der Waals surface area contributed by atoms with Gasteiger partial charge in [-0.1, -0.05) is 85.3 Å². The molecule has 3 aromatic rings. The number of anilines is 1. The molecule has 38 heavy (non-hydrogen) atoms. The minimum atomic E-state index is -3.77. The second-order valence-electron chi connectivity index (χ2n) is 9.64. The minimum absolute atomic E-state index is 0.0745. The number of carbonyl (C=O) groups excluding carboxylic acids is 2. The number of hydrogen-bond acceptors (Lipinski definition) is 4.